The molecule has 1 aliphatic heterocycles. The fourth-order valence-corrected chi connectivity index (χ4v) is 4.35. The van der Waals surface area contributed by atoms with Crippen molar-refractivity contribution in [2.45, 2.75) is 37.1 Å². The highest BCUT2D eigenvalue weighted by atomic mass is 32.2. The summed E-state index contributed by atoms with van der Waals surface area (Å²) < 4.78 is 40.6. The third-order valence-corrected chi connectivity index (χ3v) is 5.61. The molecular weight excluding hydrogens is 291 g/mol. The minimum Gasteiger partial charge on any atom is -0.320 e. The van der Waals surface area contributed by atoms with Gasteiger partial charge in [-0.15, -0.1) is 0 Å². The monoisotopic (exact) mass is 310 g/mol. The zero-order valence-electron chi connectivity index (χ0n) is 12.0. The van der Waals surface area contributed by atoms with Gasteiger partial charge in [0.2, 0.25) is 10.0 Å². The molecular formula is C15H19FN2O2S. The lowest BCUT2D eigenvalue weighted by Crippen LogP contribution is -2.35. The van der Waals surface area contributed by atoms with Crippen molar-refractivity contribution >= 4 is 10.0 Å². The average Bonchev–Trinajstić information content (AvgIpc) is 2.95. The molecule has 0 aliphatic carbocycles. The molecule has 0 bridgehead atoms. The van der Waals surface area contributed by atoms with Crippen LogP contribution in [0.4, 0.5) is 4.39 Å². The summed E-state index contributed by atoms with van der Waals surface area (Å²) in [5.41, 5.74) is 5.40. The zero-order chi connectivity index (χ0) is 15.5. The van der Waals surface area contributed by atoms with Gasteiger partial charge in [-0.25, -0.2) is 12.8 Å². The second-order valence-electron chi connectivity index (χ2n) is 4.97. The average molecular weight is 310 g/mol. The number of hydrogen-bond acceptors (Lipinski definition) is 3. The largest absolute Gasteiger partial charge is 0.320 e. The first-order valence-corrected chi connectivity index (χ1v) is 8.45. The van der Waals surface area contributed by atoms with Crippen molar-refractivity contribution in [3.63, 3.8) is 0 Å². The molecule has 0 aromatic heterocycles. The van der Waals surface area contributed by atoms with Crippen LogP contribution < -0.4 is 5.73 Å². The van der Waals surface area contributed by atoms with Crippen LogP contribution in [0.2, 0.25) is 0 Å². The lowest BCUT2D eigenvalue weighted by Gasteiger charge is -2.23. The molecule has 6 heteroatoms. The topological polar surface area (TPSA) is 63.4 Å². The van der Waals surface area contributed by atoms with Crippen molar-refractivity contribution in [3.8, 4) is 11.8 Å². The van der Waals surface area contributed by atoms with Crippen LogP contribution in [0.15, 0.2) is 23.1 Å². The van der Waals surface area contributed by atoms with E-state index in [0.717, 1.165) is 25.3 Å². The first-order valence-electron chi connectivity index (χ1n) is 7.01. The van der Waals surface area contributed by atoms with Gasteiger partial charge in [0, 0.05) is 12.6 Å². The van der Waals surface area contributed by atoms with E-state index in [1.54, 1.807) is 0 Å². The van der Waals surface area contributed by atoms with E-state index in [9.17, 15) is 12.8 Å². The lowest BCUT2D eigenvalue weighted by molar-refractivity contribution is 0.379. The fraction of sp³-hybridized carbons (Fsp3) is 0.467. The van der Waals surface area contributed by atoms with Gasteiger partial charge in [-0.05, 0) is 37.5 Å². The highest BCUT2D eigenvalue weighted by Crippen LogP contribution is 2.28. The number of rotatable bonds is 3. The van der Waals surface area contributed by atoms with E-state index in [-0.39, 0.29) is 23.0 Å². The fourth-order valence-electron chi connectivity index (χ4n) is 2.57. The van der Waals surface area contributed by atoms with Crippen LogP contribution in [0.1, 0.15) is 31.7 Å². The molecule has 1 aliphatic rings. The maximum atomic E-state index is 13.9. The van der Waals surface area contributed by atoms with Gasteiger partial charge in [0.05, 0.1) is 17.0 Å². The molecule has 1 aromatic rings. The van der Waals surface area contributed by atoms with Crippen LogP contribution in [-0.2, 0) is 10.0 Å². The Hall–Kier alpha value is -1.42. The molecule has 114 valence electrons. The number of benzene rings is 1. The van der Waals surface area contributed by atoms with E-state index < -0.39 is 15.8 Å². The van der Waals surface area contributed by atoms with E-state index in [4.69, 9.17) is 5.73 Å². The van der Waals surface area contributed by atoms with Gasteiger partial charge in [0.25, 0.3) is 0 Å². The smallest absolute Gasteiger partial charge is 0.243 e. The Labute approximate surface area is 125 Å². The van der Waals surface area contributed by atoms with Crippen molar-refractivity contribution in [1.29, 1.82) is 0 Å². The minimum atomic E-state index is -3.64. The minimum absolute atomic E-state index is 0.00905. The maximum Gasteiger partial charge on any atom is 0.243 e. The van der Waals surface area contributed by atoms with Crippen LogP contribution in [-0.4, -0.2) is 31.9 Å². The number of halogens is 1. The number of hydrogen-bond donors (Lipinski definition) is 1. The molecule has 2 N–H and O–H groups in total. The predicted molar refractivity (Wildman–Crippen MR) is 79.5 cm³/mol. The Bertz CT molecular complexity index is 677. The van der Waals surface area contributed by atoms with E-state index >= 15 is 0 Å². The molecule has 0 amide bonds. The first kappa shape index (κ1) is 16.0. The Balaban J connectivity index is 2.35. The van der Waals surface area contributed by atoms with Crippen molar-refractivity contribution in [2.24, 2.45) is 5.73 Å². The third-order valence-electron chi connectivity index (χ3n) is 3.67. The highest BCUT2D eigenvalue weighted by molar-refractivity contribution is 7.89. The highest BCUT2D eigenvalue weighted by Gasteiger charge is 2.34. The maximum absolute atomic E-state index is 13.9. The van der Waals surface area contributed by atoms with Gasteiger partial charge >= 0.3 is 0 Å². The summed E-state index contributed by atoms with van der Waals surface area (Å²) in [5, 5.41) is 0. The van der Waals surface area contributed by atoms with Gasteiger partial charge in [-0.3, -0.25) is 0 Å². The summed E-state index contributed by atoms with van der Waals surface area (Å²) in [6, 6.07) is 3.85. The summed E-state index contributed by atoms with van der Waals surface area (Å²) in [6.45, 7) is 2.59. The van der Waals surface area contributed by atoms with Gasteiger partial charge in [-0.2, -0.15) is 4.31 Å². The summed E-state index contributed by atoms with van der Waals surface area (Å²) in [7, 11) is -3.64. The van der Waals surface area contributed by atoms with Gasteiger partial charge in [0.15, 0.2) is 0 Å². The quantitative estimate of drug-likeness (QED) is 0.864. The molecule has 1 atom stereocenters. The number of nitrogens with two attached hydrogens (primary N) is 1. The lowest BCUT2D eigenvalue weighted by atomic mass is 10.2. The van der Waals surface area contributed by atoms with E-state index in [1.165, 1.54) is 16.4 Å². The first-order chi connectivity index (χ1) is 10.0. The van der Waals surface area contributed by atoms with E-state index in [1.807, 2.05) is 6.92 Å². The van der Waals surface area contributed by atoms with Crippen molar-refractivity contribution < 1.29 is 12.8 Å². The molecule has 1 aromatic carbocycles. The number of sulfonamides is 1. The normalized spacial score (nSPS) is 19.3. The number of nitrogens with zero attached hydrogens (tertiary/aromatic N) is 1. The molecule has 2 rings (SSSR count). The van der Waals surface area contributed by atoms with Crippen LogP contribution in [0.25, 0.3) is 0 Å². The summed E-state index contributed by atoms with van der Waals surface area (Å²) >= 11 is 0. The molecule has 1 fully saturated rings. The van der Waals surface area contributed by atoms with Crippen molar-refractivity contribution in [2.75, 3.05) is 13.1 Å². The Kier molecular flexibility index (Phi) is 4.99. The Morgan fingerprint density at radius 1 is 1.48 bits per heavy atom. The Morgan fingerprint density at radius 2 is 2.24 bits per heavy atom. The molecule has 0 spiro atoms. The van der Waals surface area contributed by atoms with Crippen molar-refractivity contribution in [1.82, 2.24) is 4.31 Å². The van der Waals surface area contributed by atoms with Crippen molar-refractivity contribution in [3.05, 3.63) is 29.6 Å². The van der Waals surface area contributed by atoms with E-state index in [2.05, 4.69) is 11.8 Å². The molecule has 1 heterocycles. The molecule has 0 radical (unpaired) electrons. The zero-order valence-corrected chi connectivity index (χ0v) is 12.8. The standard InChI is InChI=1S/C15H19FN2O2S/c1-2-13-6-4-10-18(13)21(19,20)14-8-7-12(5-3-9-17)15(16)11-14/h7-8,11,13H,2,4,6,9-10,17H2,1H3. The molecule has 21 heavy (non-hydrogen) atoms. The van der Waals surface area contributed by atoms with E-state index in [0.29, 0.717) is 6.54 Å². The Morgan fingerprint density at radius 3 is 2.86 bits per heavy atom. The van der Waals surface area contributed by atoms with Gasteiger partial charge in [0.1, 0.15) is 5.82 Å². The van der Waals surface area contributed by atoms with Crippen LogP contribution in [0.3, 0.4) is 0 Å². The summed E-state index contributed by atoms with van der Waals surface area (Å²) in [5.74, 6) is 4.50. The third kappa shape index (κ3) is 3.26. The van der Waals surface area contributed by atoms with Crippen LogP contribution in [0, 0.1) is 17.7 Å². The molecule has 1 unspecified atom stereocenters. The molecule has 0 saturated carbocycles. The van der Waals surface area contributed by atoms with Crippen LogP contribution in [0.5, 0.6) is 0 Å². The summed E-state index contributed by atoms with van der Waals surface area (Å²) in [6.07, 6.45) is 2.47. The van der Waals surface area contributed by atoms with Gasteiger partial charge in [-0.1, -0.05) is 18.8 Å². The molecule has 1 saturated heterocycles. The predicted octanol–water partition coefficient (Wildman–Crippen LogP) is 1.70. The SMILES string of the molecule is CCC1CCCN1S(=O)(=O)c1ccc(C#CCN)c(F)c1. The second-order valence-corrected chi connectivity index (χ2v) is 6.86. The van der Waals surface area contributed by atoms with Crippen LogP contribution >= 0.6 is 0 Å². The van der Waals surface area contributed by atoms with Gasteiger partial charge < -0.3 is 5.73 Å². The summed E-state index contributed by atoms with van der Waals surface area (Å²) in [4.78, 5) is -0.0151. The molecule has 4 nitrogen and oxygen atoms in total. The second kappa shape index (κ2) is 6.56.